The molecule has 1 amide bonds. The largest absolute Gasteiger partial charge is 0.433 e. The molecule has 0 unspecified atom stereocenters. The molecule has 1 aromatic heterocycles. The van der Waals surface area contributed by atoms with Gasteiger partial charge in [0, 0.05) is 12.2 Å². The average molecular weight is 498 g/mol. The van der Waals surface area contributed by atoms with Crippen LogP contribution in [-0.4, -0.2) is 25.9 Å². The van der Waals surface area contributed by atoms with Gasteiger partial charge in [-0.2, -0.15) is 13.2 Å². The molecule has 1 heterocycles. The number of rotatable bonds is 6. The Hall–Kier alpha value is -3.11. The van der Waals surface area contributed by atoms with Gasteiger partial charge in [0.25, 0.3) is 15.9 Å². The Morgan fingerprint density at radius 3 is 2.33 bits per heavy atom. The molecule has 0 bridgehead atoms. The summed E-state index contributed by atoms with van der Waals surface area (Å²) in [5, 5.41) is 2.45. The number of carbonyl (C=O) groups is 1. The number of sulfonamides is 1. The highest BCUT2D eigenvalue weighted by molar-refractivity contribution is 7.93. The van der Waals surface area contributed by atoms with Crippen LogP contribution in [0.1, 0.15) is 28.7 Å². The van der Waals surface area contributed by atoms with Crippen LogP contribution < -0.4 is 9.62 Å². The lowest BCUT2D eigenvalue weighted by molar-refractivity contribution is -0.141. The normalized spacial score (nSPS) is 11.8. The van der Waals surface area contributed by atoms with E-state index in [2.05, 4.69) is 10.3 Å². The van der Waals surface area contributed by atoms with Crippen molar-refractivity contribution >= 4 is 38.9 Å². The van der Waals surface area contributed by atoms with Gasteiger partial charge in [-0.15, -0.1) is 0 Å². The summed E-state index contributed by atoms with van der Waals surface area (Å²) in [7, 11) is -4.08. The van der Waals surface area contributed by atoms with E-state index in [9.17, 15) is 26.4 Å². The van der Waals surface area contributed by atoms with Gasteiger partial charge in [0.2, 0.25) is 0 Å². The minimum Gasteiger partial charge on any atom is -0.322 e. The molecule has 2 aromatic carbocycles. The first-order valence-electron chi connectivity index (χ1n) is 9.68. The van der Waals surface area contributed by atoms with Crippen molar-refractivity contribution in [3.8, 4) is 0 Å². The number of hydrogen-bond acceptors (Lipinski definition) is 4. The SMILES string of the molecule is CCN(c1ccccc1)S(=O)(=O)c1cc(NC(=O)c2ccc(C(F)(F)F)nc2C)ccc1Cl. The molecule has 0 saturated heterocycles. The van der Waals surface area contributed by atoms with Crippen molar-refractivity contribution in [1.82, 2.24) is 4.98 Å². The van der Waals surface area contributed by atoms with E-state index in [1.54, 1.807) is 37.3 Å². The van der Waals surface area contributed by atoms with Gasteiger partial charge in [-0.25, -0.2) is 13.4 Å². The summed E-state index contributed by atoms with van der Waals surface area (Å²) in [6, 6.07) is 14.1. The maximum atomic E-state index is 13.3. The lowest BCUT2D eigenvalue weighted by atomic mass is 10.1. The molecule has 0 aliphatic heterocycles. The molecule has 3 rings (SSSR count). The van der Waals surface area contributed by atoms with Crippen LogP contribution in [0.15, 0.2) is 65.6 Å². The quantitative estimate of drug-likeness (QED) is 0.485. The molecule has 0 aliphatic rings. The number of aryl methyl sites for hydroxylation is 1. The van der Waals surface area contributed by atoms with Gasteiger partial charge in [0.1, 0.15) is 10.6 Å². The molecule has 1 N–H and O–H groups in total. The maximum Gasteiger partial charge on any atom is 0.433 e. The van der Waals surface area contributed by atoms with Crippen molar-refractivity contribution in [3.05, 3.63) is 82.6 Å². The second-order valence-corrected chi connectivity index (χ2v) is 9.17. The molecule has 174 valence electrons. The highest BCUT2D eigenvalue weighted by Gasteiger charge is 2.33. The van der Waals surface area contributed by atoms with Crippen LogP contribution in [0.25, 0.3) is 0 Å². The Balaban J connectivity index is 1.93. The van der Waals surface area contributed by atoms with E-state index < -0.39 is 27.8 Å². The van der Waals surface area contributed by atoms with Crippen molar-refractivity contribution in [1.29, 1.82) is 0 Å². The standard InChI is InChI=1S/C22H19ClF3N3O3S/c1-3-29(16-7-5-4-6-8-16)33(31,32)19-13-15(9-11-18(19)23)28-21(30)17-10-12-20(22(24,25)26)27-14(17)2/h4-13H,3H2,1-2H3,(H,28,30). The fraction of sp³-hybridized carbons (Fsp3) is 0.182. The topological polar surface area (TPSA) is 79.4 Å². The highest BCUT2D eigenvalue weighted by atomic mass is 35.5. The number of nitrogens with zero attached hydrogens (tertiary/aromatic N) is 2. The monoisotopic (exact) mass is 497 g/mol. The Labute approximate surface area is 194 Å². The fourth-order valence-corrected chi connectivity index (χ4v) is 5.12. The molecule has 0 atom stereocenters. The van der Waals surface area contributed by atoms with Crippen LogP contribution in [0.2, 0.25) is 5.02 Å². The highest BCUT2D eigenvalue weighted by Crippen LogP contribution is 2.31. The first kappa shape index (κ1) is 24.5. The number of pyridine rings is 1. The van der Waals surface area contributed by atoms with Gasteiger partial charge in [-0.1, -0.05) is 29.8 Å². The Morgan fingerprint density at radius 1 is 1.09 bits per heavy atom. The summed E-state index contributed by atoms with van der Waals surface area (Å²) in [5.74, 6) is -0.741. The van der Waals surface area contributed by atoms with E-state index in [1.165, 1.54) is 29.4 Å². The smallest absolute Gasteiger partial charge is 0.322 e. The Morgan fingerprint density at radius 2 is 1.76 bits per heavy atom. The molecule has 0 spiro atoms. The van der Waals surface area contributed by atoms with E-state index in [1.807, 2.05) is 0 Å². The van der Waals surface area contributed by atoms with Crippen molar-refractivity contribution in [2.75, 3.05) is 16.2 Å². The van der Waals surface area contributed by atoms with E-state index in [4.69, 9.17) is 11.6 Å². The minimum absolute atomic E-state index is 0.0465. The number of para-hydroxylation sites is 1. The third-order valence-electron chi connectivity index (χ3n) is 4.71. The van der Waals surface area contributed by atoms with Gasteiger partial charge in [-0.05, 0) is 56.3 Å². The second kappa shape index (κ2) is 9.40. The number of amides is 1. The van der Waals surface area contributed by atoms with Crippen LogP contribution >= 0.6 is 11.6 Å². The van der Waals surface area contributed by atoms with Crippen LogP contribution in [-0.2, 0) is 16.2 Å². The van der Waals surface area contributed by atoms with Crippen LogP contribution in [0.4, 0.5) is 24.5 Å². The third kappa shape index (κ3) is 5.28. The first-order chi connectivity index (χ1) is 15.4. The van der Waals surface area contributed by atoms with Crippen molar-refractivity contribution in [2.24, 2.45) is 0 Å². The summed E-state index contributed by atoms with van der Waals surface area (Å²) < 4.78 is 66.2. The van der Waals surface area contributed by atoms with E-state index >= 15 is 0 Å². The number of halogens is 4. The number of carbonyl (C=O) groups excluding carboxylic acids is 1. The van der Waals surface area contributed by atoms with Crippen LogP contribution in [0, 0.1) is 6.92 Å². The average Bonchev–Trinajstić information content (AvgIpc) is 2.75. The van der Waals surface area contributed by atoms with Gasteiger partial charge in [-0.3, -0.25) is 9.10 Å². The number of hydrogen-bond donors (Lipinski definition) is 1. The fourth-order valence-electron chi connectivity index (χ4n) is 3.14. The number of benzene rings is 2. The van der Waals surface area contributed by atoms with Crippen LogP contribution in [0.3, 0.4) is 0 Å². The van der Waals surface area contributed by atoms with E-state index in [0.29, 0.717) is 11.8 Å². The van der Waals surface area contributed by atoms with E-state index in [0.717, 1.165) is 6.07 Å². The predicted molar refractivity (Wildman–Crippen MR) is 120 cm³/mol. The second-order valence-electron chi connectivity index (χ2n) is 6.93. The number of nitrogens with one attached hydrogen (secondary N) is 1. The zero-order valence-electron chi connectivity index (χ0n) is 17.5. The molecular formula is C22H19ClF3N3O3S. The number of anilines is 2. The molecular weight excluding hydrogens is 479 g/mol. The summed E-state index contributed by atoms with van der Waals surface area (Å²) in [4.78, 5) is 15.8. The molecule has 0 radical (unpaired) electrons. The lowest BCUT2D eigenvalue weighted by Crippen LogP contribution is -2.31. The number of aromatic nitrogens is 1. The van der Waals surface area contributed by atoms with Crippen molar-refractivity contribution in [2.45, 2.75) is 24.9 Å². The molecule has 0 fully saturated rings. The lowest BCUT2D eigenvalue weighted by Gasteiger charge is -2.23. The number of alkyl halides is 3. The third-order valence-corrected chi connectivity index (χ3v) is 7.09. The van der Waals surface area contributed by atoms with Crippen LogP contribution in [0.5, 0.6) is 0 Å². The zero-order valence-corrected chi connectivity index (χ0v) is 19.1. The zero-order chi connectivity index (χ0) is 24.4. The maximum absolute atomic E-state index is 13.3. The van der Waals surface area contributed by atoms with Gasteiger partial charge >= 0.3 is 6.18 Å². The predicted octanol–water partition coefficient (Wildman–Crippen LogP) is 5.53. The summed E-state index contributed by atoms with van der Waals surface area (Å²) in [6.07, 6.45) is -4.64. The molecule has 0 aliphatic carbocycles. The van der Waals surface area contributed by atoms with Crippen molar-refractivity contribution < 1.29 is 26.4 Å². The molecule has 11 heteroatoms. The summed E-state index contributed by atoms with van der Waals surface area (Å²) in [5.41, 5.74) is -0.771. The molecule has 33 heavy (non-hydrogen) atoms. The Kier molecular flexibility index (Phi) is 6.99. The Bertz CT molecular complexity index is 1280. The van der Waals surface area contributed by atoms with Gasteiger partial charge in [0.15, 0.2) is 0 Å². The van der Waals surface area contributed by atoms with E-state index in [-0.39, 0.29) is 33.4 Å². The summed E-state index contributed by atoms with van der Waals surface area (Å²) in [6.45, 7) is 3.08. The summed E-state index contributed by atoms with van der Waals surface area (Å²) >= 11 is 6.17. The minimum atomic E-state index is -4.64. The van der Waals surface area contributed by atoms with Gasteiger partial charge < -0.3 is 5.32 Å². The molecule has 6 nitrogen and oxygen atoms in total. The molecule has 0 saturated carbocycles. The first-order valence-corrected chi connectivity index (χ1v) is 11.5. The van der Waals surface area contributed by atoms with Gasteiger partial charge in [0.05, 0.1) is 22.0 Å². The van der Waals surface area contributed by atoms with Crippen molar-refractivity contribution in [3.63, 3.8) is 0 Å². The molecule has 3 aromatic rings.